The number of anilines is 1. The second kappa shape index (κ2) is 8.95. The van der Waals surface area contributed by atoms with Crippen molar-refractivity contribution in [3.05, 3.63) is 70.5 Å². The number of aromatic nitrogens is 2. The first kappa shape index (κ1) is 21.3. The van der Waals surface area contributed by atoms with Gasteiger partial charge in [0.1, 0.15) is 5.82 Å². The van der Waals surface area contributed by atoms with Crippen molar-refractivity contribution in [1.29, 1.82) is 0 Å². The number of nitrogens with zero attached hydrogens (tertiary/aromatic N) is 1. The molecule has 0 spiro atoms. The molecule has 0 radical (unpaired) electrons. The van der Waals surface area contributed by atoms with Crippen LogP contribution in [0, 0.1) is 27.7 Å². The maximum atomic E-state index is 12.6. The highest BCUT2D eigenvalue weighted by molar-refractivity contribution is 5.98. The monoisotopic (exact) mass is 405 g/mol. The quantitative estimate of drug-likeness (QED) is 0.572. The standard InChI is InChI=1S/C24H27N3O3/c1-6-21(23(28)27-20-9-7-8-14(2)15(20)3)30-24(29)19-12-10-18(11-13-19)22-25-16(4)17(5)26-22/h7-13,21H,6H2,1-5H3,(H,25,26)(H,27,28). The molecule has 1 unspecified atom stereocenters. The molecule has 6 nitrogen and oxygen atoms in total. The Bertz CT molecular complexity index is 1050. The Morgan fingerprint density at radius 1 is 1.07 bits per heavy atom. The number of aromatic amines is 1. The van der Waals surface area contributed by atoms with Gasteiger partial charge in [-0.3, -0.25) is 4.79 Å². The second-order valence-electron chi connectivity index (χ2n) is 7.41. The Hall–Kier alpha value is -3.41. The van der Waals surface area contributed by atoms with Crippen molar-refractivity contribution in [2.75, 3.05) is 5.32 Å². The number of esters is 1. The van der Waals surface area contributed by atoms with Crippen LogP contribution < -0.4 is 5.32 Å². The van der Waals surface area contributed by atoms with Crippen LogP contribution in [0.5, 0.6) is 0 Å². The van der Waals surface area contributed by atoms with Crippen molar-refractivity contribution in [2.24, 2.45) is 0 Å². The van der Waals surface area contributed by atoms with E-state index in [9.17, 15) is 9.59 Å². The lowest BCUT2D eigenvalue weighted by atomic mass is 10.1. The fraction of sp³-hybridized carbons (Fsp3) is 0.292. The molecule has 3 aromatic rings. The molecule has 0 saturated carbocycles. The van der Waals surface area contributed by atoms with E-state index < -0.39 is 12.1 Å². The fourth-order valence-corrected chi connectivity index (χ4v) is 3.07. The molecule has 0 fully saturated rings. The van der Waals surface area contributed by atoms with Gasteiger partial charge in [0, 0.05) is 16.9 Å². The van der Waals surface area contributed by atoms with E-state index in [1.807, 2.05) is 65.0 Å². The average Bonchev–Trinajstić information content (AvgIpc) is 3.08. The number of amides is 1. The first-order valence-electron chi connectivity index (χ1n) is 10.0. The number of hydrogen-bond donors (Lipinski definition) is 2. The van der Waals surface area contributed by atoms with Crippen molar-refractivity contribution in [2.45, 2.75) is 47.1 Å². The van der Waals surface area contributed by atoms with Gasteiger partial charge in [-0.15, -0.1) is 0 Å². The summed E-state index contributed by atoms with van der Waals surface area (Å²) in [7, 11) is 0. The minimum absolute atomic E-state index is 0.335. The molecule has 6 heteroatoms. The summed E-state index contributed by atoms with van der Waals surface area (Å²) >= 11 is 0. The van der Waals surface area contributed by atoms with Crippen LogP contribution in [0.1, 0.15) is 46.2 Å². The van der Waals surface area contributed by atoms with Gasteiger partial charge in [0.15, 0.2) is 6.10 Å². The summed E-state index contributed by atoms with van der Waals surface area (Å²) in [5, 5.41) is 2.87. The Labute approximate surface area is 176 Å². The smallest absolute Gasteiger partial charge is 0.338 e. The SMILES string of the molecule is CCC(OC(=O)c1ccc(-c2nc(C)c(C)[nH]2)cc1)C(=O)Nc1cccc(C)c1C. The van der Waals surface area contributed by atoms with Crippen LogP contribution in [0.4, 0.5) is 5.69 Å². The van der Waals surface area contributed by atoms with Gasteiger partial charge >= 0.3 is 5.97 Å². The molecule has 2 N–H and O–H groups in total. The van der Waals surface area contributed by atoms with Crippen LogP contribution in [-0.4, -0.2) is 27.9 Å². The van der Waals surface area contributed by atoms with Crippen LogP contribution in [-0.2, 0) is 9.53 Å². The summed E-state index contributed by atoms with van der Waals surface area (Å²) in [5.74, 6) is -0.113. The highest BCUT2D eigenvalue weighted by Crippen LogP contribution is 2.21. The van der Waals surface area contributed by atoms with E-state index in [-0.39, 0.29) is 5.91 Å². The Balaban J connectivity index is 1.68. The molecular formula is C24H27N3O3. The molecule has 0 bridgehead atoms. The van der Waals surface area contributed by atoms with Crippen LogP contribution >= 0.6 is 0 Å². The number of nitrogens with one attached hydrogen (secondary N) is 2. The zero-order valence-electron chi connectivity index (χ0n) is 18.0. The van der Waals surface area contributed by atoms with Gasteiger partial charge in [-0.25, -0.2) is 9.78 Å². The van der Waals surface area contributed by atoms with E-state index in [1.54, 1.807) is 12.1 Å². The molecule has 0 aliphatic rings. The highest BCUT2D eigenvalue weighted by atomic mass is 16.5. The average molecular weight is 405 g/mol. The third-order valence-corrected chi connectivity index (χ3v) is 5.30. The van der Waals surface area contributed by atoms with Crippen LogP contribution in [0.2, 0.25) is 0 Å². The maximum absolute atomic E-state index is 12.6. The largest absolute Gasteiger partial charge is 0.449 e. The number of rotatable bonds is 6. The number of H-pyrrole nitrogens is 1. The molecule has 30 heavy (non-hydrogen) atoms. The minimum atomic E-state index is -0.868. The molecule has 0 aliphatic carbocycles. The third-order valence-electron chi connectivity index (χ3n) is 5.30. The summed E-state index contributed by atoms with van der Waals surface area (Å²) in [6.07, 6.45) is -0.488. The molecule has 1 atom stereocenters. The lowest BCUT2D eigenvalue weighted by Gasteiger charge is -2.17. The van der Waals surface area contributed by atoms with Gasteiger partial charge < -0.3 is 15.0 Å². The van der Waals surface area contributed by atoms with Gasteiger partial charge in [0.05, 0.1) is 11.3 Å². The second-order valence-corrected chi connectivity index (χ2v) is 7.41. The normalized spacial score (nSPS) is 11.8. The summed E-state index contributed by atoms with van der Waals surface area (Å²) in [6, 6.07) is 12.7. The minimum Gasteiger partial charge on any atom is -0.449 e. The molecule has 0 aliphatic heterocycles. The topological polar surface area (TPSA) is 84.1 Å². The molecule has 1 aromatic heterocycles. The lowest BCUT2D eigenvalue weighted by Crippen LogP contribution is -2.32. The predicted octanol–water partition coefficient (Wildman–Crippen LogP) is 4.88. The van der Waals surface area contributed by atoms with Gasteiger partial charge in [0.2, 0.25) is 0 Å². The summed E-state index contributed by atoms with van der Waals surface area (Å²) in [4.78, 5) is 32.9. The number of carbonyl (C=O) groups is 2. The number of imidazole rings is 1. The molecular weight excluding hydrogens is 378 g/mol. The summed E-state index contributed by atoms with van der Waals surface area (Å²) in [5.41, 5.74) is 6.01. The zero-order chi connectivity index (χ0) is 21.8. The maximum Gasteiger partial charge on any atom is 0.338 e. The number of benzene rings is 2. The zero-order valence-corrected chi connectivity index (χ0v) is 18.0. The van der Waals surface area contributed by atoms with Gasteiger partial charge in [0.25, 0.3) is 5.91 Å². The first-order valence-corrected chi connectivity index (χ1v) is 10.0. The van der Waals surface area contributed by atoms with Crippen molar-refractivity contribution in [3.63, 3.8) is 0 Å². The van der Waals surface area contributed by atoms with Crippen LogP contribution in [0.25, 0.3) is 11.4 Å². The van der Waals surface area contributed by atoms with E-state index in [2.05, 4.69) is 15.3 Å². The number of carbonyl (C=O) groups excluding carboxylic acids is 2. The third kappa shape index (κ3) is 4.59. The van der Waals surface area contributed by atoms with Crippen molar-refractivity contribution in [1.82, 2.24) is 9.97 Å². The first-order chi connectivity index (χ1) is 14.3. The molecule has 156 valence electrons. The number of ether oxygens (including phenoxy) is 1. The van der Waals surface area contributed by atoms with Crippen molar-refractivity contribution in [3.8, 4) is 11.4 Å². The van der Waals surface area contributed by atoms with Gasteiger partial charge in [-0.1, -0.05) is 31.2 Å². The van der Waals surface area contributed by atoms with Gasteiger partial charge in [-0.2, -0.15) is 0 Å². The Morgan fingerprint density at radius 2 is 1.77 bits per heavy atom. The molecule has 2 aromatic carbocycles. The van der Waals surface area contributed by atoms with E-state index in [0.717, 1.165) is 39.6 Å². The molecule has 1 heterocycles. The predicted molar refractivity (Wildman–Crippen MR) is 118 cm³/mol. The van der Waals surface area contributed by atoms with Crippen molar-refractivity contribution >= 4 is 17.6 Å². The lowest BCUT2D eigenvalue weighted by molar-refractivity contribution is -0.124. The molecule has 0 saturated heterocycles. The fourth-order valence-electron chi connectivity index (χ4n) is 3.07. The summed E-state index contributed by atoms with van der Waals surface area (Å²) < 4.78 is 5.48. The van der Waals surface area contributed by atoms with E-state index >= 15 is 0 Å². The Kier molecular flexibility index (Phi) is 6.35. The van der Waals surface area contributed by atoms with Crippen LogP contribution in [0.15, 0.2) is 42.5 Å². The number of hydrogen-bond acceptors (Lipinski definition) is 4. The van der Waals surface area contributed by atoms with E-state index in [0.29, 0.717) is 12.0 Å². The molecule has 1 amide bonds. The highest BCUT2D eigenvalue weighted by Gasteiger charge is 2.23. The molecule has 3 rings (SSSR count). The van der Waals surface area contributed by atoms with E-state index in [1.165, 1.54) is 0 Å². The summed E-state index contributed by atoms with van der Waals surface area (Å²) in [6.45, 7) is 9.64. The van der Waals surface area contributed by atoms with Gasteiger partial charge in [-0.05, 0) is 63.4 Å². The van der Waals surface area contributed by atoms with Crippen LogP contribution in [0.3, 0.4) is 0 Å². The number of aryl methyl sites for hydroxylation is 3. The van der Waals surface area contributed by atoms with E-state index in [4.69, 9.17) is 4.74 Å². The van der Waals surface area contributed by atoms with Crippen molar-refractivity contribution < 1.29 is 14.3 Å². The Morgan fingerprint density at radius 3 is 2.37 bits per heavy atom.